The molecule has 162 valence electrons. The minimum atomic E-state index is -3.53. The van der Waals surface area contributed by atoms with Crippen molar-refractivity contribution in [3.05, 3.63) is 34.9 Å². The van der Waals surface area contributed by atoms with Crippen LogP contribution in [0.5, 0.6) is 0 Å². The molecule has 2 aliphatic rings. The lowest BCUT2D eigenvalue weighted by molar-refractivity contribution is -0.129. The molecule has 0 saturated carbocycles. The first-order valence-electron chi connectivity index (χ1n) is 9.76. The molecule has 0 unspecified atom stereocenters. The Morgan fingerprint density at radius 1 is 1.14 bits per heavy atom. The van der Waals surface area contributed by atoms with Crippen molar-refractivity contribution in [2.45, 2.75) is 31.8 Å². The molecule has 0 radical (unpaired) electrons. The largest absolute Gasteiger partial charge is 0.373 e. The molecular weight excluding hydrogens is 434 g/mol. The lowest BCUT2D eigenvalue weighted by Crippen LogP contribution is -2.57. The maximum absolute atomic E-state index is 12.9. The third kappa shape index (κ3) is 6.08. The van der Waals surface area contributed by atoms with E-state index in [4.69, 9.17) is 16.3 Å². The summed E-state index contributed by atoms with van der Waals surface area (Å²) in [4.78, 5) is 14.2. The number of halogens is 1. The molecule has 1 aromatic rings. The fourth-order valence-corrected chi connectivity index (χ4v) is 6.46. The van der Waals surface area contributed by atoms with Gasteiger partial charge in [-0.2, -0.15) is 17.0 Å². The maximum atomic E-state index is 12.9. The van der Waals surface area contributed by atoms with E-state index in [2.05, 4.69) is 0 Å². The number of carbonyl (C=O) groups is 1. The summed E-state index contributed by atoms with van der Waals surface area (Å²) in [6.45, 7) is 6.00. The molecule has 0 bridgehead atoms. The molecule has 1 aromatic carbocycles. The number of piperazine rings is 1. The second kappa shape index (κ2) is 9.98. The molecule has 0 spiro atoms. The van der Waals surface area contributed by atoms with Crippen LogP contribution < -0.4 is 0 Å². The third-order valence-electron chi connectivity index (χ3n) is 5.01. The van der Waals surface area contributed by atoms with Gasteiger partial charge in [0, 0.05) is 50.0 Å². The van der Waals surface area contributed by atoms with Gasteiger partial charge in [-0.15, -0.1) is 11.8 Å². The number of carbonyl (C=O) groups excluding carboxylic acids is 1. The Balaban J connectivity index is 1.46. The van der Waals surface area contributed by atoms with Crippen LogP contribution in [-0.4, -0.2) is 85.1 Å². The predicted octanol–water partition coefficient (Wildman–Crippen LogP) is 2.07. The molecular formula is C19H28ClN3O4S2. The molecule has 2 fully saturated rings. The van der Waals surface area contributed by atoms with Crippen LogP contribution in [0.2, 0.25) is 5.02 Å². The highest BCUT2D eigenvalue weighted by molar-refractivity contribution is 7.99. The first kappa shape index (κ1) is 22.8. The fourth-order valence-electron chi connectivity index (χ4n) is 3.62. The Labute approximate surface area is 182 Å². The highest BCUT2D eigenvalue weighted by Crippen LogP contribution is 2.20. The standard InChI is InChI=1S/C19H28ClN3O4S2/c1-15-11-23(12-16(2)27-15)29(25,26)22-8-6-21(7-9-22)19(24)14-28-13-17-4-3-5-18(20)10-17/h3-5,10,15-16H,6-9,11-14H2,1-2H3/t15-,16-/m0/s1. The number of nitrogens with zero attached hydrogens (tertiary/aromatic N) is 3. The van der Waals surface area contributed by atoms with Crippen LogP contribution in [0.4, 0.5) is 0 Å². The minimum Gasteiger partial charge on any atom is -0.373 e. The zero-order valence-electron chi connectivity index (χ0n) is 16.8. The van der Waals surface area contributed by atoms with Crippen molar-refractivity contribution in [3.63, 3.8) is 0 Å². The van der Waals surface area contributed by atoms with Crippen LogP contribution in [0.15, 0.2) is 24.3 Å². The lowest BCUT2D eigenvalue weighted by Gasteiger charge is -2.40. The van der Waals surface area contributed by atoms with Gasteiger partial charge < -0.3 is 9.64 Å². The summed E-state index contributed by atoms with van der Waals surface area (Å²) in [6.07, 6.45) is -0.235. The summed E-state index contributed by atoms with van der Waals surface area (Å²) in [5.41, 5.74) is 1.08. The van der Waals surface area contributed by atoms with Crippen LogP contribution in [0.3, 0.4) is 0 Å². The third-order valence-corrected chi connectivity index (χ3v) is 8.21. The van der Waals surface area contributed by atoms with E-state index in [-0.39, 0.29) is 18.1 Å². The number of amides is 1. The number of thioether (sulfide) groups is 1. The smallest absolute Gasteiger partial charge is 0.282 e. The summed E-state index contributed by atoms with van der Waals surface area (Å²) in [7, 11) is -3.53. The summed E-state index contributed by atoms with van der Waals surface area (Å²) in [5.74, 6) is 1.13. The highest BCUT2D eigenvalue weighted by Gasteiger charge is 2.37. The second-order valence-corrected chi connectivity index (χ2v) is 10.8. The molecule has 3 rings (SSSR count). The van der Waals surface area contributed by atoms with E-state index in [0.29, 0.717) is 55.8 Å². The molecule has 0 aromatic heterocycles. The first-order chi connectivity index (χ1) is 13.8. The van der Waals surface area contributed by atoms with Gasteiger partial charge in [0.15, 0.2) is 0 Å². The van der Waals surface area contributed by atoms with Gasteiger partial charge in [-0.05, 0) is 31.5 Å². The van der Waals surface area contributed by atoms with Crippen LogP contribution >= 0.6 is 23.4 Å². The van der Waals surface area contributed by atoms with Crippen molar-refractivity contribution >= 4 is 39.5 Å². The van der Waals surface area contributed by atoms with Crippen molar-refractivity contribution in [1.29, 1.82) is 0 Å². The van der Waals surface area contributed by atoms with E-state index >= 15 is 0 Å². The summed E-state index contributed by atoms with van der Waals surface area (Å²) < 4.78 is 34.5. The van der Waals surface area contributed by atoms with Crippen LogP contribution in [0.25, 0.3) is 0 Å². The molecule has 2 saturated heterocycles. The van der Waals surface area contributed by atoms with E-state index in [0.717, 1.165) is 5.56 Å². The van der Waals surface area contributed by atoms with Crippen molar-refractivity contribution in [2.75, 3.05) is 45.0 Å². The monoisotopic (exact) mass is 461 g/mol. The maximum Gasteiger partial charge on any atom is 0.282 e. The number of ether oxygens (including phenoxy) is 1. The normalized spacial score (nSPS) is 24.6. The van der Waals surface area contributed by atoms with Gasteiger partial charge in [0.1, 0.15) is 0 Å². The number of rotatable bonds is 6. The van der Waals surface area contributed by atoms with Gasteiger partial charge in [-0.3, -0.25) is 4.79 Å². The molecule has 1 amide bonds. The van der Waals surface area contributed by atoms with Gasteiger partial charge in [0.05, 0.1) is 18.0 Å². The van der Waals surface area contributed by atoms with E-state index in [1.54, 1.807) is 16.7 Å². The Kier molecular flexibility index (Phi) is 7.86. The van der Waals surface area contributed by atoms with Gasteiger partial charge >= 0.3 is 0 Å². The van der Waals surface area contributed by atoms with Crippen molar-refractivity contribution in [3.8, 4) is 0 Å². The van der Waals surface area contributed by atoms with Crippen molar-refractivity contribution in [2.24, 2.45) is 0 Å². The van der Waals surface area contributed by atoms with Gasteiger partial charge in [-0.25, -0.2) is 0 Å². The molecule has 10 heteroatoms. The minimum absolute atomic E-state index is 0.0442. The van der Waals surface area contributed by atoms with Gasteiger partial charge in [-0.1, -0.05) is 23.7 Å². The average Bonchev–Trinajstić information content (AvgIpc) is 2.67. The number of morpholine rings is 1. The van der Waals surface area contributed by atoms with Crippen LogP contribution in [0.1, 0.15) is 19.4 Å². The number of benzene rings is 1. The van der Waals surface area contributed by atoms with Crippen LogP contribution in [-0.2, 0) is 25.5 Å². The van der Waals surface area contributed by atoms with Crippen molar-refractivity contribution < 1.29 is 17.9 Å². The molecule has 2 heterocycles. The predicted molar refractivity (Wildman–Crippen MR) is 116 cm³/mol. The van der Waals surface area contributed by atoms with E-state index in [1.165, 1.54) is 8.61 Å². The lowest BCUT2D eigenvalue weighted by atomic mass is 10.2. The van der Waals surface area contributed by atoms with E-state index < -0.39 is 10.2 Å². The Morgan fingerprint density at radius 2 is 1.79 bits per heavy atom. The van der Waals surface area contributed by atoms with Crippen molar-refractivity contribution in [1.82, 2.24) is 13.5 Å². The summed E-state index contributed by atoms with van der Waals surface area (Å²) in [6, 6.07) is 7.61. The molecule has 2 aliphatic heterocycles. The molecule has 0 N–H and O–H groups in total. The van der Waals surface area contributed by atoms with Gasteiger partial charge in [0.2, 0.25) is 5.91 Å². The topological polar surface area (TPSA) is 70.2 Å². The summed E-state index contributed by atoms with van der Waals surface area (Å²) in [5, 5.41) is 0.691. The zero-order chi connectivity index (χ0) is 21.0. The second-order valence-electron chi connectivity index (χ2n) is 7.48. The fraction of sp³-hybridized carbons (Fsp3) is 0.632. The average molecular weight is 462 g/mol. The number of hydrogen-bond acceptors (Lipinski definition) is 5. The number of hydrogen-bond donors (Lipinski definition) is 0. The Hall–Kier alpha value is -0.840. The molecule has 2 atom stereocenters. The zero-order valence-corrected chi connectivity index (χ0v) is 19.2. The molecule has 29 heavy (non-hydrogen) atoms. The van der Waals surface area contributed by atoms with Crippen LogP contribution in [0, 0.1) is 0 Å². The Bertz CT molecular complexity index is 805. The first-order valence-corrected chi connectivity index (χ1v) is 12.7. The molecule has 7 nitrogen and oxygen atoms in total. The Morgan fingerprint density at radius 3 is 2.41 bits per heavy atom. The van der Waals surface area contributed by atoms with E-state index in [9.17, 15) is 13.2 Å². The quantitative estimate of drug-likeness (QED) is 0.648. The van der Waals surface area contributed by atoms with E-state index in [1.807, 2.05) is 38.1 Å². The highest BCUT2D eigenvalue weighted by atomic mass is 35.5. The van der Waals surface area contributed by atoms with Gasteiger partial charge in [0.25, 0.3) is 10.2 Å². The SMILES string of the molecule is C[C@H]1CN(S(=O)(=O)N2CCN(C(=O)CSCc3cccc(Cl)c3)CC2)C[C@H](C)O1. The summed E-state index contributed by atoms with van der Waals surface area (Å²) >= 11 is 7.52. The molecule has 0 aliphatic carbocycles.